The van der Waals surface area contributed by atoms with Crippen LogP contribution in [0, 0.1) is 12.3 Å². The van der Waals surface area contributed by atoms with Gasteiger partial charge in [-0.3, -0.25) is 4.79 Å². The fraction of sp³-hybridized carbons (Fsp3) is 0.600. The number of terminal acetylenes is 1. The lowest BCUT2D eigenvalue weighted by Gasteiger charge is -2.15. The van der Waals surface area contributed by atoms with Crippen LogP contribution in [0.4, 0.5) is 0 Å². The third-order valence-electron chi connectivity index (χ3n) is 2.31. The van der Waals surface area contributed by atoms with Crippen LogP contribution in [0.2, 0.25) is 0 Å². The van der Waals surface area contributed by atoms with Crippen molar-refractivity contribution >= 4 is 11.9 Å². The van der Waals surface area contributed by atoms with Gasteiger partial charge in [-0.25, -0.2) is 4.79 Å². The Morgan fingerprint density at radius 2 is 2.40 bits per heavy atom. The Morgan fingerprint density at radius 3 is 2.87 bits per heavy atom. The molecule has 0 aromatic heterocycles. The molecule has 0 aromatic carbocycles. The number of hydrogen-bond donors (Lipinski definition) is 3. The van der Waals surface area contributed by atoms with Crippen molar-refractivity contribution < 1.29 is 14.7 Å². The molecule has 1 amide bonds. The number of carbonyl (C=O) groups excluding carboxylic acids is 1. The summed E-state index contributed by atoms with van der Waals surface area (Å²) in [7, 11) is 0. The topological polar surface area (TPSA) is 78.4 Å². The Morgan fingerprint density at radius 1 is 1.67 bits per heavy atom. The third-order valence-corrected chi connectivity index (χ3v) is 2.31. The quantitative estimate of drug-likeness (QED) is 0.538. The number of carboxylic acids is 1. The monoisotopic (exact) mass is 210 g/mol. The molecule has 1 saturated heterocycles. The summed E-state index contributed by atoms with van der Waals surface area (Å²) in [5.41, 5.74) is 0. The van der Waals surface area contributed by atoms with Crippen molar-refractivity contribution in [3.05, 3.63) is 0 Å². The van der Waals surface area contributed by atoms with Crippen LogP contribution >= 0.6 is 0 Å². The normalized spacial score (nSPS) is 21.7. The second-order valence-electron chi connectivity index (χ2n) is 3.46. The zero-order valence-corrected chi connectivity index (χ0v) is 8.32. The van der Waals surface area contributed by atoms with Crippen LogP contribution in [0.5, 0.6) is 0 Å². The molecule has 0 spiro atoms. The molecule has 0 aliphatic carbocycles. The SMILES string of the molecule is C#CCC(NC(=O)[C@H]1CCCN1)C(=O)O. The lowest BCUT2D eigenvalue weighted by Crippen LogP contribution is -2.48. The van der Waals surface area contributed by atoms with E-state index in [1.165, 1.54) is 0 Å². The molecule has 0 bridgehead atoms. The Labute approximate surface area is 88.2 Å². The molecule has 2 atom stereocenters. The molecule has 1 unspecified atom stereocenters. The molecule has 82 valence electrons. The van der Waals surface area contributed by atoms with E-state index in [1.807, 2.05) is 0 Å². The van der Waals surface area contributed by atoms with E-state index in [2.05, 4.69) is 16.6 Å². The molecule has 5 nitrogen and oxygen atoms in total. The molecule has 5 heteroatoms. The summed E-state index contributed by atoms with van der Waals surface area (Å²) < 4.78 is 0. The van der Waals surface area contributed by atoms with E-state index >= 15 is 0 Å². The summed E-state index contributed by atoms with van der Waals surface area (Å²) in [5.74, 6) is 0.849. The highest BCUT2D eigenvalue weighted by atomic mass is 16.4. The summed E-state index contributed by atoms with van der Waals surface area (Å²) in [5, 5.41) is 14.2. The van der Waals surface area contributed by atoms with E-state index in [1.54, 1.807) is 0 Å². The van der Waals surface area contributed by atoms with Gasteiger partial charge in [-0.1, -0.05) is 0 Å². The Hall–Kier alpha value is -1.54. The van der Waals surface area contributed by atoms with Gasteiger partial charge in [-0.05, 0) is 19.4 Å². The second-order valence-corrected chi connectivity index (χ2v) is 3.46. The van der Waals surface area contributed by atoms with Crippen LogP contribution in [0.15, 0.2) is 0 Å². The van der Waals surface area contributed by atoms with Crippen LogP contribution in [0.1, 0.15) is 19.3 Å². The molecule has 1 aliphatic heterocycles. The Bertz CT molecular complexity index is 290. The fourth-order valence-electron chi connectivity index (χ4n) is 1.50. The van der Waals surface area contributed by atoms with Crippen LogP contribution < -0.4 is 10.6 Å². The first kappa shape index (κ1) is 11.5. The molecular formula is C10H14N2O3. The molecule has 1 fully saturated rings. The molecule has 0 saturated carbocycles. The van der Waals surface area contributed by atoms with Gasteiger partial charge in [0, 0.05) is 6.42 Å². The largest absolute Gasteiger partial charge is 0.480 e. The average Bonchev–Trinajstić information content (AvgIpc) is 2.69. The standard InChI is InChI=1S/C10H14N2O3/c1-2-4-8(10(14)15)12-9(13)7-5-3-6-11-7/h1,7-8,11H,3-6H2,(H,12,13)(H,14,15)/t7-,8?/m1/s1. The van der Waals surface area contributed by atoms with Crippen molar-refractivity contribution in [3.8, 4) is 12.3 Å². The molecule has 15 heavy (non-hydrogen) atoms. The molecule has 1 rings (SSSR count). The van der Waals surface area contributed by atoms with E-state index in [-0.39, 0.29) is 18.4 Å². The van der Waals surface area contributed by atoms with Crippen LogP contribution in [-0.2, 0) is 9.59 Å². The average molecular weight is 210 g/mol. The fourth-order valence-corrected chi connectivity index (χ4v) is 1.50. The Balaban J connectivity index is 2.46. The van der Waals surface area contributed by atoms with Gasteiger partial charge in [0.2, 0.25) is 5.91 Å². The van der Waals surface area contributed by atoms with E-state index < -0.39 is 12.0 Å². The molecule has 1 heterocycles. The number of carbonyl (C=O) groups is 2. The maximum Gasteiger partial charge on any atom is 0.327 e. The minimum atomic E-state index is -1.10. The van der Waals surface area contributed by atoms with Gasteiger partial charge >= 0.3 is 5.97 Å². The number of carboxylic acid groups (broad SMARTS) is 1. The van der Waals surface area contributed by atoms with Crippen molar-refractivity contribution in [1.29, 1.82) is 0 Å². The lowest BCUT2D eigenvalue weighted by atomic mass is 10.1. The molecule has 3 N–H and O–H groups in total. The van der Waals surface area contributed by atoms with Crippen molar-refractivity contribution in [2.75, 3.05) is 6.54 Å². The lowest BCUT2D eigenvalue weighted by molar-refractivity contribution is -0.141. The van der Waals surface area contributed by atoms with Gasteiger partial charge in [0.25, 0.3) is 0 Å². The summed E-state index contributed by atoms with van der Waals surface area (Å²) in [6.45, 7) is 0.797. The van der Waals surface area contributed by atoms with Gasteiger partial charge in [0.1, 0.15) is 6.04 Å². The number of aliphatic carboxylic acids is 1. The molecule has 1 aliphatic rings. The van der Waals surface area contributed by atoms with Gasteiger partial charge in [-0.2, -0.15) is 0 Å². The van der Waals surface area contributed by atoms with E-state index in [0.29, 0.717) is 0 Å². The maximum atomic E-state index is 11.5. The van der Waals surface area contributed by atoms with E-state index in [9.17, 15) is 9.59 Å². The first-order chi connectivity index (χ1) is 7.15. The number of amides is 1. The second kappa shape index (κ2) is 5.37. The predicted molar refractivity (Wildman–Crippen MR) is 54.0 cm³/mol. The van der Waals surface area contributed by atoms with Gasteiger partial charge < -0.3 is 15.7 Å². The van der Waals surface area contributed by atoms with Crippen LogP contribution in [0.25, 0.3) is 0 Å². The zero-order valence-electron chi connectivity index (χ0n) is 8.32. The number of nitrogens with one attached hydrogen (secondary N) is 2. The summed E-state index contributed by atoms with van der Waals surface area (Å²) >= 11 is 0. The van der Waals surface area contributed by atoms with Crippen molar-refractivity contribution in [2.24, 2.45) is 0 Å². The minimum absolute atomic E-state index is 0.00773. The zero-order chi connectivity index (χ0) is 11.3. The highest BCUT2D eigenvalue weighted by Crippen LogP contribution is 2.05. The van der Waals surface area contributed by atoms with Crippen molar-refractivity contribution in [2.45, 2.75) is 31.3 Å². The van der Waals surface area contributed by atoms with Crippen molar-refractivity contribution in [1.82, 2.24) is 10.6 Å². The highest BCUT2D eigenvalue weighted by Gasteiger charge is 2.26. The van der Waals surface area contributed by atoms with Crippen molar-refractivity contribution in [3.63, 3.8) is 0 Å². The predicted octanol–water partition coefficient (Wildman–Crippen LogP) is -0.669. The van der Waals surface area contributed by atoms with Gasteiger partial charge in [0.05, 0.1) is 6.04 Å². The van der Waals surface area contributed by atoms with Gasteiger partial charge in [0.15, 0.2) is 0 Å². The summed E-state index contributed by atoms with van der Waals surface area (Å²) in [6, 6.07) is -1.26. The molecule has 0 aromatic rings. The Kier molecular flexibility index (Phi) is 4.13. The third kappa shape index (κ3) is 3.26. The smallest absolute Gasteiger partial charge is 0.327 e. The van der Waals surface area contributed by atoms with E-state index in [0.717, 1.165) is 19.4 Å². The van der Waals surface area contributed by atoms with E-state index in [4.69, 9.17) is 11.5 Å². The first-order valence-electron chi connectivity index (χ1n) is 4.85. The summed E-state index contributed by atoms with van der Waals surface area (Å²) in [4.78, 5) is 22.2. The first-order valence-corrected chi connectivity index (χ1v) is 4.85. The van der Waals surface area contributed by atoms with Gasteiger partial charge in [-0.15, -0.1) is 12.3 Å². The van der Waals surface area contributed by atoms with Crippen LogP contribution in [-0.4, -0.2) is 35.6 Å². The highest BCUT2D eigenvalue weighted by molar-refractivity contribution is 5.87. The van der Waals surface area contributed by atoms with Crippen LogP contribution in [0.3, 0.4) is 0 Å². The molecule has 0 radical (unpaired) electrons. The number of hydrogen-bond acceptors (Lipinski definition) is 3. The molecular weight excluding hydrogens is 196 g/mol. The maximum absolute atomic E-state index is 11.5. The summed E-state index contributed by atoms with van der Waals surface area (Å²) in [6.07, 6.45) is 6.70. The minimum Gasteiger partial charge on any atom is -0.480 e. The number of rotatable bonds is 4.